The van der Waals surface area contributed by atoms with E-state index in [9.17, 15) is 19.7 Å². The molecular weight excluding hydrogens is 326 g/mol. The van der Waals surface area contributed by atoms with Crippen LogP contribution in [0.2, 0.25) is 0 Å². The summed E-state index contributed by atoms with van der Waals surface area (Å²) in [6.07, 6.45) is -1.21. The average Bonchev–Trinajstić information content (AvgIpc) is 2.61. The molecule has 0 aromatic heterocycles. The molecule has 0 spiro atoms. The van der Waals surface area contributed by atoms with Crippen molar-refractivity contribution >= 4 is 23.3 Å². The third-order valence-corrected chi connectivity index (χ3v) is 3.28. The number of nitro benzene ring substituents is 1. The molecule has 1 N–H and O–H groups in total. The van der Waals surface area contributed by atoms with Crippen LogP contribution in [-0.4, -0.2) is 22.9 Å². The maximum absolute atomic E-state index is 12.1. The normalized spacial score (nSPS) is 11.0. The fourth-order valence-electron chi connectivity index (χ4n) is 2.01. The lowest BCUT2D eigenvalue weighted by Gasteiger charge is -2.14. The number of carbonyl (C=O) groups is 2. The van der Waals surface area contributed by atoms with Crippen molar-refractivity contribution in [3.8, 4) is 6.07 Å². The Labute approximate surface area is 142 Å². The monoisotopic (exact) mass is 339 g/mol. The Morgan fingerprint density at radius 1 is 1.20 bits per heavy atom. The van der Waals surface area contributed by atoms with Gasteiger partial charge >= 0.3 is 5.97 Å². The number of nitrogens with one attached hydrogen (secondary N) is 1. The number of amides is 1. The topological polar surface area (TPSA) is 122 Å². The van der Waals surface area contributed by atoms with Crippen LogP contribution in [0, 0.1) is 21.4 Å². The molecule has 25 heavy (non-hydrogen) atoms. The predicted octanol–water partition coefficient (Wildman–Crippen LogP) is 2.65. The number of hydrogen-bond acceptors (Lipinski definition) is 6. The van der Waals surface area contributed by atoms with Gasteiger partial charge in [0.2, 0.25) is 0 Å². The summed E-state index contributed by atoms with van der Waals surface area (Å²) in [5.41, 5.74) is -0.115. The van der Waals surface area contributed by atoms with Crippen LogP contribution >= 0.6 is 0 Å². The quantitative estimate of drug-likeness (QED) is 0.507. The number of para-hydroxylation sites is 2. The number of nitrogens with zero attached hydrogens (tertiary/aromatic N) is 2. The maximum atomic E-state index is 12.1. The van der Waals surface area contributed by atoms with Crippen LogP contribution in [0.1, 0.15) is 22.8 Å². The Morgan fingerprint density at radius 3 is 2.52 bits per heavy atom. The lowest BCUT2D eigenvalue weighted by Crippen LogP contribution is -2.30. The molecule has 1 atom stereocenters. The van der Waals surface area contributed by atoms with Crippen molar-refractivity contribution in [1.29, 1.82) is 5.26 Å². The first-order chi connectivity index (χ1) is 11.9. The number of esters is 1. The SMILES string of the molecule is CC(OC(=O)c1ccccc1[N+](=O)[O-])C(=O)Nc1ccccc1C#N. The molecule has 0 aliphatic carbocycles. The zero-order valence-electron chi connectivity index (χ0n) is 13.1. The van der Waals surface area contributed by atoms with Crippen LogP contribution in [0.15, 0.2) is 48.5 Å². The Kier molecular flexibility index (Phi) is 5.43. The summed E-state index contributed by atoms with van der Waals surface area (Å²) in [4.78, 5) is 34.5. The molecule has 0 aliphatic heterocycles. The van der Waals surface area contributed by atoms with E-state index in [0.717, 1.165) is 0 Å². The minimum atomic E-state index is -1.21. The summed E-state index contributed by atoms with van der Waals surface area (Å²) >= 11 is 0. The van der Waals surface area contributed by atoms with E-state index in [1.165, 1.54) is 43.3 Å². The molecule has 0 fully saturated rings. The second kappa shape index (κ2) is 7.70. The van der Waals surface area contributed by atoms with Gasteiger partial charge in [-0.25, -0.2) is 4.79 Å². The van der Waals surface area contributed by atoms with Gasteiger partial charge in [-0.2, -0.15) is 5.26 Å². The van der Waals surface area contributed by atoms with Gasteiger partial charge in [-0.3, -0.25) is 14.9 Å². The number of hydrogen-bond donors (Lipinski definition) is 1. The van der Waals surface area contributed by atoms with Crippen molar-refractivity contribution < 1.29 is 19.2 Å². The van der Waals surface area contributed by atoms with Gasteiger partial charge in [-0.05, 0) is 25.1 Å². The summed E-state index contributed by atoms with van der Waals surface area (Å²) in [6.45, 7) is 1.33. The van der Waals surface area contributed by atoms with Gasteiger partial charge in [0, 0.05) is 6.07 Å². The first-order valence-electron chi connectivity index (χ1n) is 7.18. The number of anilines is 1. The van der Waals surface area contributed by atoms with E-state index in [1.54, 1.807) is 12.1 Å². The van der Waals surface area contributed by atoms with E-state index in [2.05, 4.69) is 5.32 Å². The van der Waals surface area contributed by atoms with Crippen LogP contribution in [-0.2, 0) is 9.53 Å². The van der Waals surface area contributed by atoms with Gasteiger partial charge < -0.3 is 10.1 Å². The van der Waals surface area contributed by atoms with E-state index in [4.69, 9.17) is 10.00 Å². The zero-order chi connectivity index (χ0) is 18.4. The first kappa shape index (κ1) is 17.6. The largest absolute Gasteiger partial charge is 0.449 e. The Balaban J connectivity index is 2.10. The number of nitriles is 1. The molecule has 8 heteroatoms. The lowest BCUT2D eigenvalue weighted by molar-refractivity contribution is -0.385. The van der Waals surface area contributed by atoms with E-state index in [1.807, 2.05) is 6.07 Å². The second-order valence-electron chi connectivity index (χ2n) is 4.97. The molecule has 2 aromatic carbocycles. The molecule has 1 amide bonds. The number of ether oxygens (including phenoxy) is 1. The fraction of sp³-hybridized carbons (Fsp3) is 0.118. The summed E-state index contributed by atoms with van der Waals surface area (Å²) in [5, 5.41) is 22.4. The molecule has 0 saturated heterocycles. The number of benzene rings is 2. The van der Waals surface area contributed by atoms with Gasteiger partial charge in [0.15, 0.2) is 6.10 Å². The first-order valence-corrected chi connectivity index (χ1v) is 7.18. The molecule has 1 unspecified atom stereocenters. The van der Waals surface area contributed by atoms with Crippen LogP contribution in [0.25, 0.3) is 0 Å². The summed E-state index contributed by atoms with van der Waals surface area (Å²) < 4.78 is 5.00. The molecule has 8 nitrogen and oxygen atoms in total. The van der Waals surface area contributed by atoms with Crippen molar-refractivity contribution in [1.82, 2.24) is 0 Å². The minimum Gasteiger partial charge on any atom is -0.449 e. The highest BCUT2D eigenvalue weighted by Crippen LogP contribution is 2.20. The van der Waals surface area contributed by atoms with E-state index in [-0.39, 0.29) is 16.8 Å². The van der Waals surface area contributed by atoms with Gasteiger partial charge in [-0.1, -0.05) is 24.3 Å². The molecule has 2 rings (SSSR count). The summed E-state index contributed by atoms with van der Waals surface area (Å²) in [5.74, 6) is -1.64. The third-order valence-electron chi connectivity index (χ3n) is 3.28. The second-order valence-corrected chi connectivity index (χ2v) is 4.97. The molecule has 2 aromatic rings. The number of carbonyl (C=O) groups excluding carboxylic acids is 2. The summed E-state index contributed by atoms with van der Waals surface area (Å²) in [6, 6.07) is 13.6. The highest BCUT2D eigenvalue weighted by Gasteiger charge is 2.25. The smallest absolute Gasteiger partial charge is 0.345 e. The average molecular weight is 339 g/mol. The molecule has 126 valence electrons. The molecular formula is C17H13N3O5. The minimum absolute atomic E-state index is 0.246. The summed E-state index contributed by atoms with van der Waals surface area (Å²) in [7, 11) is 0. The van der Waals surface area contributed by atoms with E-state index < -0.39 is 28.6 Å². The third kappa shape index (κ3) is 4.17. The Hall–Kier alpha value is -3.73. The van der Waals surface area contributed by atoms with Crippen LogP contribution < -0.4 is 5.32 Å². The van der Waals surface area contributed by atoms with E-state index >= 15 is 0 Å². The number of rotatable bonds is 5. The Morgan fingerprint density at radius 2 is 1.84 bits per heavy atom. The van der Waals surface area contributed by atoms with Gasteiger partial charge in [0.1, 0.15) is 11.6 Å². The molecule has 0 saturated carbocycles. The van der Waals surface area contributed by atoms with Crippen LogP contribution in [0.3, 0.4) is 0 Å². The van der Waals surface area contributed by atoms with Crippen molar-refractivity contribution in [2.24, 2.45) is 0 Å². The standard InChI is InChI=1S/C17H13N3O5/c1-11(16(21)19-14-8-4-2-6-12(14)10-18)25-17(22)13-7-3-5-9-15(13)20(23)24/h2-9,11H,1H3,(H,19,21). The number of nitro groups is 1. The highest BCUT2D eigenvalue weighted by atomic mass is 16.6. The highest BCUT2D eigenvalue weighted by molar-refractivity contribution is 5.99. The lowest BCUT2D eigenvalue weighted by atomic mass is 10.2. The Bertz CT molecular complexity index is 873. The van der Waals surface area contributed by atoms with Crippen LogP contribution in [0.5, 0.6) is 0 Å². The van der Waals surface area contributed by atoms with Gasteiger partial charge in [0.05, 0.1) is 16.2 Å². The zero-order valence-corrected chi connectivity index (χ0v) is 13.1. The van der Waals surface area contributed by atoms with Gasteiger partial charge in [0.25, 0.3) is 11.6 Å². The van der Waals surface area contributed by atoms with Crippen molar-refractivity contribution in [3.63, 3.8) is 0 Å². The molecule has 0 bridgehead atoms. The molecule has 0 heterocycles. The van der Waals surface area contributed by atoms with E-state index in [0.29, 0.717) is 0 Å². The van der Waals surface area contributed by atoms with Crippen LogP contribution in [0.4, 0.5) is 11.4 Å². The fourth-order valence-corrected chi connectivity index (χ4v) is 2.01. The van der Waals surface area contributed by atoms with Crippen molar-refractivity contribution in [2.45, 2.75) is 13.0 Å². The van der Waals surface area contributed by atoms with Crippen molar-refractivity contribution in [3.05, 3.63) is 69.8 Å². The maximum Gasteiger partial charge on any atom is 0.345 e. The molecule has 0 aliphatic rings. The molecule has 0 radical (unpaired) electrons. The van der Waals surface area contributed by atoms with Crippen molar-refractivity contribution in [2.75, 3.05) is 5.32 Å². The predicted molar refractivity (Wildman–Crippen MR) is 87.8 cm³/mol. The van der Waals surface area contributed by atoms with Gasteiger partial charge in [-0.15, -0.1) is 0 Å².